The third kappa shape index (κ3) is 3.55. The molecule has 0 aliphatic carbocycles. The predicted molar refractivity (Wildman–Crippen MR) is 72.0 cm³/mol. The molecule has 0 radical (unpaired) electrons. The van der Waals surface area contributed by atoms with Crippen LogP contribution in [0.2, 0.25) is 0 Å². The van der Waals surface area contributed by atoms with Crippen molar-refractivity contribution in [2.24, 2.45) is 0 Å². The zero-order chi connectivity index (χ0) is 12.4. The summed E-state index contributed by atoms with van der Waals surface area (Å²) >= 11 is 6.79. The van der Waals surface area contributed by atoms with E-state index in [1.54, 1.807) is 24.3 Å². The Morgan fingerprint density at radius 3 is 2.41 bits per heavy atom. The van der Waals surface area contributed by atoms with E-state index >= 15 is 0 Å². The first-order valence-corrected chi connectivity index (χ1v) is 8.31. The van der Waals surface area contributed by atoms with Crippen LogP contribution in [0.1, 0.15) is 0 Å². The van der Waals surface area contributed by atoms with Crippen molar-refractivity contribution in [3.05, 3.63) is 30.3 Å². The van der Waals surface area contributed by atoms with Crippen LogP contribution in [-0.2, 0) is 13.6 Å². The molecule has 4 nitrogen and oxygen atoms in total. The third-order valence-electron chi connectivity index (χ3n) is 2.16. The van der Waals surface area contributed by atoms with Gasteiger partial charge >= 0.3 is 7.82 Å². The van der Waals surface area contributed by atoms with Crippen molar-refractivity contribution in [2.45, 2.75) is 4.32 Å². The number of phosphoric acid groups is 1. The number of phosphoric ester groups is 1. The van der Waals surface area contributed by atoms with Crippen LogP contribution in [0.4, 0.5) is 0 Å². The van der Waals surface area contributed by atoms with Crippen LogP contribution in [0.15, 0.2) is 30.3 Å². The van der Waals surface area contributed by atoms with Gasteiger partial charge in [0.25, 0.3) is 0 Å². The fraction of sp³-hybridized carbons (Fsp3) is 0.400. The van der Waals surface area contributed by atoms with Crippen LogP contribution in [0.3, 0.4) is 0 Å². The lowest BCUT2D eigenvalue weighted by molar-refractivity contribution is 0.0876. The van der Waals surface area contributed by atoms with E-state index in [1.807, 2.05) is 6.07 Å². The summed E-state index contributed by atoms with van der Waals surface area (Å²) in [5.74, 6) is 0.469. The highest BCUT2D eigenvalue weighted by Crippen LogP contribution is 2.54. The van der Waals surface area contributed by atoms with Crippen LogP contribution < -0.4 is 4.52 Å². The Kier molecular flexibility index (Phi) is 4.31. The SMILES string of the molecule is O=P1(Oc2ccccc2)OCC(Br)(CBr)CO1. The molecule has 2 rings (SSSR count). The van der Waals surface area contributed by atoms with Crippen LogP contribution in [0, 0.1) is 0 Å². The van der Waals surface area contributed by atoms with E-state index in [4.69, 9.17) is 13.6 Å². The van der Waals surface area contributed by atoms with Gasteiger partial charge in [-0.3, -0.25) is 9.05 Å². The zero-order valence-electron chi connectivity index (χ0n) is 8.84. The smallest absolute Gasteiger partial charge is 0.404 e. The van der Waals surface area contributed by atoms with Crippen molar-refractivity contribution in [3.8, 4) is 5.75 Å². The summed E-state index contributed by atoms with van der Waals surface area (Å²) in [6, 6.07) is 8.83. The zero-order valence-corrected chi connectivity index (χ0v) is 12.9. The van der Waals surface area contributed by atoms with Crippen molar-refractivity contribution in [3.63, 3.8) is 0 Å². The van der Waals surface area contributed by atoms with Crippen molar-refractivity contribution < 1.29 is 18.1 Å². The van der Waals surface area contributed by atoms with Crippen molar-refractivity contribution in [1.29, 1.82) is 0 Å². The van der Waals surface area contributed by atoms with Crippen molar-refractivity contribution in [2.75, 3.05) is 18.5 Å². The molecular weight excluding hydrogens is 375 g/mol. The van der Waals surface area contributed by atoms with Crippen LogP contribution in [-0.4, -0.2) is 22.9 Å². The Balaban J connectivity index is 2.01. The summed E-state index contributed by atoms with van der Waals surface area (Å²) in [5.41, 5.74) is 0. The fourth-order valence-electron chi connectivity index (χ4n) is 1.21. The second-order valence-corrected chi connectivity index (χ2v) is 7.52. The lowest BCUT2D eigenvalue weighted by atomic mass is 10.2. The van der Waals surface area contributed by atoms with E-state index in [0.717, 1.165) is 0 Å². The number of para-hydroxylation sites is 1. The van der Waals surface area contributed by atoms with Gasteiger partial charge < -0.3 is 4.52 Å². The highest BCUT2D eigenvalue weighted by molar-refractivity contribution is 9.12. The van der Waals surface area contributed by atoms with E-state index in [9.17, 15) is 4.57 Å². The average Bonchev–Trinajstić information content (AvgIpc) is 2.35. The molecule has 0 N–H and O–H groups in total. The van der Waals surface area contributed by atoms with Crippen molar-refractivity contribution in [1.82, 2.24) is 0 Å². The molecule has 0 amide bonds. The van der Waals surface area contributed by atoms with Gasteiger partial charge in [-0.15, -0.1) is 0 Å². The summed E-state index contributed by atoms with van der Waals surface area (Å²) in [5, 5.41) is 0.644. The summed E-state index contributed by atoms with van der Waals surface area (Å²) < 4.78 is 27.4. The molecule has 1 heterocycles. The van der Waals surface area contributed by atoms with Crippen LogP contribution >= 0.6 is 39.7 Å². The second-order valence-electron chi connectivity index (χ2n) is 3.68. The van der Waals surface area contributed by atoms with Crippen LogP contribution in [0.25, 0.3) is 0 Å². The maximum atomic E-state index is 12.1. The topological polar surface area (TPSA) is 44.8 Å². The fourth-order valence-corrected chi connectivity index (χ4v) is 3.49. The van der Waals surface area contributed by atoms with Gasteiger partial charge in [-0.25, -0.2) is 4.57 Å². The molecule has 94 valence electrons. The average molecular weight is 386 g/mol. The maximum Gasteiger partial charge on any atom is 0.530 e. The molecule has 0 bridgehead atoms. The minimum absolute atomic E-state index is 0.266. The quantitative estimate of drug-likeness (QED) is 0.587. The molecule has 1 saturated heterocycles. The first-order chi connectivity index (χ1) is 8.05. The molecule has 1 aliphatic heterocycles. The van der Waals surface area contributed by atoms with E-state index in [0.29, 0.717) is 11.1 Å². The van der Waals surface area contributed by atoms with Gasteiger partial charge in [0.2, 0.25) is 0 Å². The van der Waals surface area contributed by atoms with Gasteiger partial charge in [-0.2, -0.15) is 0 Å². The molecule has 0 spiro atoms. The Bertz CT molecular complexity index is 414. The Labute approximate surface area is 117 Å². The molecule has 1 aromatic carbocycles. The molecule has 0 aromatic heterocycles. The summed E-state index contributed by atoms with van der Waals surface area (Å²) in [6.07, 6.45) is 0. The second kappa shape index (κ2) is 5.41. The standard InChI is InChI=1S/C10H11Br2O4P/c11-6-10(12)7-14-17(13,15-8-10)16-9-4-2-1-3-5-9/h1-5H,6-8H2. The van der Waals surface area contributed by atoms with E-state index < -0.39 is 7.82 Å². The van der Waals surface area contributed by atoms with Crippen LogP contribution in [0.5, 0.6) is 5.75 Å². The number of benzene rings is 1. The molecule has 0 atom stereocenters. The number of rotatable bonds is 3. The summed E-state index contributed by atoms with van der Waals surface area (Å²) in [6.45, 7) is 0.532. The summed E-state index contributed by atoms with van der Waals surface area (Å²) in [4.78, 5) is 0. The number of hydrogen-bond donors (Lipinski definition) is 0. The molecule has 1 fully saturated rings. The maximum absolute atomic E-state index is 12.1. The molecule has 0 unspecified atom stereocenters. The van der Waals surface area contributed by atoms with E-state index in [1.165, 1.54) is 0 Å². The summed E-state index contributed by atoms with van der Waals surface area (Å²) in [7, 11) is -3.48. The van der Waals surface area contributed by atoms with Gasteiger partial charge in [0, 0.05) is 5.33 Å². The lowest BCUT2D eigenvalue weighted by Gasteiger charge is -2.32. The molecule has 0 saturated carbocycles. The highest BCUT2D eigenvalue weighted by Gasteiger charge is 2.42. The molecular formula is C10H11Br2O4P. The van der Waals surface area contributed by atoms with Gasteiger partial charge in [-0.1, -0.05) is 50.1 Å². The predicted octanol–water partition coefficient (Wildman–Crippen LogP) is 3.75. The Morgan fingerprint density at radius 1 is 1.29 bits per heavy atom. The number of hydrogen-bond acceptors (Lipinski definition) is 4. The first-order valence-electron chi connectivity index (χ1n) is 4.94. The minimum atomic E-state index is -3.48. The molecule has 17 heavy (non-hydrogen) atoms. The first kappa shape index (κ1) is 13.6. The van der Waals surface area contributed by atoms with Gasteiger partial charge in [0.1, 0.15) is 5.75 Å². The normalized spacial score (nSPS) is 33.3. The van der Waals surface area contributed by atoms with Gasteiger partial charge in [0.15, 0.2) is 0 Å². The van der Waals surface area contributed by atoms with Gasteiger partial charge in [0.05, 0.1) is 17.5 Å². The largest absolute Gasteiger partial charge is 0.530 e. The monoisotopic (exact) mass is 384 g/mol. The highest BCUT2D eigenvalue weighted by atomic mass is 79.9. The Hall–Kier alpha value is 0.130. The van der Waals surface area contributed by atoms with Crippen molar-refractivity contribution >= 4 is 39.7 Å². The Morgan fingerprint density at radius 2 is 1.88 bits per heavy atom. The third-order valence-corrected chi connectivity index (χ3v) is 6.05. The number of halogens is 2. The van der Waals surface area contributed by atoms with E-state index in [2.05, 4.69) is 31.9 Å². The van der Waals surface area contributed by atoms with E-state index in [-0.39, 0.29) is 17.5 Å². The van der Waals surface area contributed by atoms with Gasteiger partial charge in [-0.05, 0) is 12.1 Å². The lowest BCUT2D eigenvalue weighted by Crippen LogP contribution is -2.38. The molecule has 1 aliphatic rings. The minimum Gasteiger partial charge on any atom is -0.404 e. The molecule has 1 aromatic rings. The molecule has 7 heteroatoms. The number of alkyl halides is 2.